The fourth-order valence-electron chi connectivity index (χ4n) is 2.75. The number of fused-ring (bicyclic) bond motifs is 1. The van der Waals surface area contributed by atoms with Gasteiger partial charge in [-0.05, 0) is 55.7 Å². The molecule has 3 heteroatoms. The number of carbonyl (C=O) groups is 1. The van der Waals surface area contributed by atoms with E-state index in [1.807, 2.05) is 30.5 Å². The van der Waals surface area contributed by atoms with Crippen molar-refractivity contribution in [2.24, 2.45) is 0 Å². The van der Waals surface area contributed by atoms with Crippen molar-refractivity contribution in [3.63, 3.8) is 0 Å². The van der Waals surface area contributed by atoms with Crippen LogP contribution in [0.4, 0.5) is 5.69 Å². The third-order valence-electron chi connectivity index (χ3n) is 3.78. The topological polar surface area (TPSA) is 33.2 Å². The normalized spacial score (nSPS) is 13.9. The van der Waals surface area contributed by atoms with E-state index in [4.69, 9.17) is 0 Å². The van der Waals surface area contributed by atoms with Crippen LogP contribution in [0.3, 0.4) is 0 Å². The van der Waals surface area contributed by atoms with Crippen LogP contribution in [0, 0.1) is 0 Å². The first-order valence-corrected chi connectivity index (χ1v) is 7.03. The van der Waals surface area contributed by atoms with E-state index < -0.39 is 0 Å². The maximum atomic E-state index is 11.5. The third-order valence-corrected chi connectivity index (χ3v) is 3.78. The maximum absolute atomic E-state index is 11.5. The molecule has 3 nitrogen and oxygen atoms in total. The minimum absolute atomic E-state index is 0.134. The molecule has 0 bridgehead atoms. The Bertz CT molecular complexity index is 622. The van der Waals surface area contributed by atoms with Crippen molar-refractivity contribution in [2.45, 2.75) is 26.3 Å². The molecule has 0 saturated heterocycles. The number of carbonyl (C=O) groups excluding carboxylic acids is 1. The monoisotopic (exact) mass is 266 g/mol. The molecule has 0 unspecified atom stereocenters. The van der Waals surface area contributed by atoms with Crippen molar-refractivity contribution in [1.82, 2.24) is 4.98 Å². The molecule has 0 amide bonds. The Labute approximate surface area is 119 Å². The van der Waals surface area contributed by atoms with E-state index in [2.05, 4.69) is 22.0 Å². The van der Waals surface area contributed by atoms with E-state index in [0.717, 1.165) is 37.2 Å². The summed E-state index contributed by atoms with van der Waals surface area (Å²) in [5.41, 5.74) is 4.41. The van der Waals surface area contributed by atoms with E-state index in [-0.39, 0.29) is 5.78 Å². The number of nitrogens with zero attached hydrogens (tertiary/aromatic N) is 2. The molecule has 1 aromatic carbocycles. The highest BCUT2D eigenvalue weighted by Gasteiger charge is 2.18. The van der Waals surface area contributed by atoms with Crippen molar-refractivity contribution in [2.75, 3.05) is 11.4 Å². The molecule has 0 N–H and O–H groups in total. The number of aryl methyl sites for hydroxylation is 1. The molecule has 1 aromatic heterocycles. The summed E-state index contributed by atoms with van der Waals surface area (Å²) in [5, 5.41) is 0. The van der Waals surface area contributed by atoms with Crippen LogP contribution < -0.4 is 4.90 Å². The first kappa shape index (κ1) is 12.9. The van der Waals surface area contributed by atoms with Gasteiger partial charge in [0.05, 0.1) is 12.2 Å². The molecule has 2 heterocycles. The van der Waals surface area contributed by atoms with Crippen molar-refractivity contribution in [3.8, 4) is 0 Å². The van der Waals surface area contributed by atoms with Gasteiger partial charge < -0.3 is 4.90 Å². The highest BCUT2D eigenvalue weighted by Crippen LogP contribution is 2.29. The molecule has 3 rings (SSSR count). The molecule has 0 spiro atoms. The smallest absolute Gasteiger partial charge is 0.159 e. The average molecular weight is 266 g/mol. The average Bonchev–Trinajstić information content (AvgIpc) is 2.48. The molecule has 102 valence electrons. The van der Waals surface area contributed by atoms with Crippen molar-refractivity contribution in [1.29, 1.82) is 0 Å². The van der Waals surface area contributed by atoms with Crippen LogP contribution >= 0.6 is 0 Å². The van der Waals surface area contributed by atoms with Gasteiger partial charge in [0.25, 0.3) is 0 Å². The van der Waals surface area contributed by atoms with Crippen LogP contribution in [-0.2, 0) is 13.0 Å². The maximum Gasteiger partial charge on any atom is 0.159 e. The molecule has 2 aromatic rings. The minimum atomic E-state index is 0.134. The summed E-state index contributed by atoms with van der Waals surface area (Å²) < 4.78 is 0. The zero-order chi connectivity index (χ0) is 13.9. The number of hydrogen-bond acceptors (Lipinski definition) is 3. The van der Waals surface area contributed by atoms with E-state index in [9.17, 15) is 4.79 Å². The van der Waals surface area contributed by atoms with Crippen molar-refractivity contribution >= 4 is 11.5 Å². The van der Waals surface area contributed by atoms with Gasteiger partial charge in [-0.2, -0.15) is 0 Å². The quantitative estimate of drug-likeness (QED) is 0.800. The van der Waals surface area contributed by atoms with Gasteiger partial charge in [-0.1, -0.05) is 6.07 Å². The van der Waals surface area contributed by atoms with Gasteiger partial charge in [0.2, 0.25) is 0 Å². The first-order valence-electron chi connectivity index (χ1n) is 7.03. The molecule has 20 heavy (non-hydrogen) atoms. The van der Waals surface area contributed by atoms with Gasteiger partial charge >= 0.3 is 0 Å². The predicted octanol–water partition coefficient (Wildman–Crippen LogP) is 3.24. The zero-order valence-electron chi connectivity index (χ0n) is 11.7. The molecular weight excluding hydrogens is 248 g/mol. The fraction of sp³-hybridized carbons (Fsp3) is 0.294. The lowest BCUT2D eigenvalue weighted by Crippen LogP contribution is -2.29. The number of aromatic nitrogens is 1. The highest BCUT2D eigenvalue weighted by molar-refractivity contribution is 5.94. The summed E-state index contributed by atoms with van der Waals surface area (Å²) in [4.78, 5) is 18.2. The highest BCUT2D eigenvalue weighted by atomic mass is 16.1. The lowest BCUT2D eigenvalue weighted by atomic mass is 9.98. The Morgan fingerprint density at radius 1 is 1.30 bits per heavy atom. The number of rotatable bonds is 3. The van der Waals surface area contributed by atoms with Crippen LogP contribution in [0.25, 0.3) is 0 Å². The fourth-order valence-corrected chi connectivity index (χ4v) is 2.75. The summed E-state index contributed by atoms with van der Waals surface area (Å²) in [6.45, 7) is 3.49. The second-order valence-electron chi connectivity index (χ2n) is 5.25. The van der Waals surface area contributed by atoms with Crippen molar-refractivity contribution < 1.29 is 4.79 Å². The molecule has 1 aliphatic heterocycles. The Kier molecular flexibility index (Phi) is 3.50. The summed E-state index contributed by atoms with van der Waals surface area (Å²) >= 11 is 0. The summed E-state index contributed by atoms with van der Waals surface area (Å²) in [5.74, 6) is 0.134. The molecule has 0 saturated carbocycles. The predicted molar refractivity (Wildman–Crippen MR) is 80.1 cm³/mol. The van der Waals surface area contributed by atoms with Crippen LogP contribution in [0.2, 0.25) is 0 Å². The summed E-state index contributed by atoms with van der Waals surface area (Å²) in [6, 6.07) is 12.1. The van der Waals surface area contributed by atoms with E-state index in [1.165, 1.54) is 11.3 Å². The van der Waals surface area contributed by atoms with Gasteiger partial charge in [0, 0.05) is 24.0 Å². The Balaban J connectivity index is 1.88. The van der Waals surface area contributed by atoms with Gasteiger partial charge in [0.15, 0.2) is 5.78 Å². The number of benzene rings is 1. The Morgan fingerprint density at radius 3 is 2.95 bits per heavy atom. The standard InChI is InChI=1S/C17H18N2O/c1-13(20)14-7-8-17-15(11-14)5-4-10-19(17)12-16-6-2-3-9-18-16/h2-3,6-9,11H,4-5,10,12H2,1H3. The van der Waals surface area contributed by atoms with Gasteiger partial charge in [0.1, 0.15) is 0 Å². The molecule has 0 radical (unpaired) electrons. The largest absolute Gasteiger partial charge is 0.365 e. The van der Waals surface area contributed by atoms with E-state index >= 15 is 0 Å². The SMILES string of the molecule is CC(=O)c1ccc2c(c1)CCCN2Cc1ccccn1. The molecule has 0 aliphatic carbocycles. The number of pyridine rings is 1. The second kappa shape index (κ2) is 5.45. The third kappa shape index (κ3) is 2.57. The molecule has 0 atom stereocenters. The van der Waals surface area contributed by atoms with Crippen LogP contribution in [0.5, 0.6) is 0 Å². The van der Waals surface area contributed by atoms with Gasteiger partial charge in [-0.3, -0.25) is 9.78 Å². The van der Waals surface area contributed by atoms with Crippen molar-refractivity contribution in [3.05, 3.63) is 59.4 Å². The van der Waals surface area contributed by atoms with Crippen LogP contribution in [-0.4, -0.2) is 17.3 Å². The Morgan fingerprint density at radius 2 is 2.20 bits per heavy atom. The van der Waals surface area contributed by atoms with E-state index in [1.54, 1.807) is 6.92 Å². The Hall–Kier alpha value is -2.16. The van der Waals surface area contributed by atoms with Crippen LogP contribution in [0.15, 0.2) is 42.6 Å². The van der Waals surface area contributed by atoms with Gasteiger partial charge in [-0.15, -0.1) is 0 Å². The summed E-state index contributed by atoms with van der Waals surface area (Å²) in [7, 11) is 0. The molecule has 1 aliphatic rings. The number of hydrogen-bond donors (Lipinski definition) is 0. The van der Waals surface area contributed by atoms with Gasteiger partial charge in [-0.25, -0.2) is 0 Å². The lowest BCUT2D eigenvalue weighted by Gasteiger charge is -2.31. The lowest BCUT2D eigenvalue weighted by molar-refractivity contribution is 0.101. The van der Waals surface area contributed by atoms with Crippen LogP contribution in [0.1, 0.15) is 35.0 Å². The number of Topliss-reactive ketones (excluding diaryl/α,β-unsaturated/α-hetero) is 1. The van der Waals surface area contributed by atoms with E-state index in [0.29, 0.717) is 0 Å². The molecule has 0 fully saturated rings. The minimum Gasteiger partial charge on any atom is -0.365 e. The molecular formula is C17H18N2O. The summed E-state index contributed by atoms with van der Waals surface area (Å²) in [6.07, 6.45) is 4.01. The zero-order valence-corrected chi connectivity index (χ0v) is 11.7. The first-order chi connectivity index (χ1) is 9.74. The number of ketones is 1. The number of anilines is 1. The second-order valence-corrected chi connectivity index (χ2v) is 5.25.